The summed E-state index contributed by atoms with van der Waals surface area (Å²) in [6.45, 7) is 8.40. The number of piperidine rings is 1. The van der Waals surface area contributed by atoms with Crippen molar-refractivity contribution >= 4 is 28.4 Å². The second-order valence-electron chi connectivity index (χ2n) is 13.9. The van der Waals surface area contributed by atoms with Gasteiger partial charge in [0.25, 0.3) is 5.56 Å². The molecule has 3 aromatic heterocycles. The molecule has 6 heterocycles. The number of pyridine rings is 1. The third-order valence-corrected chi connectivity index (χ3v) is 11.6. The largest absolute Gasteiger partial charge is 0.383 e. The van der Waals surface area contributed by atoms with E-state index >= 15 is 0 Å². The smallest absolute Gasteiger partial charge is 0.278 e. The van der Waals surface area contributed by atoms with Gasteiger partial charge in [0.15, 0.2) is 11.5 Å². The minimum atomic E-state index is -0.955. The predicted octanol–water partition coefficient (Wildman–Crippen LogP) is 4.66. The molecule has 2 N–H and O–H groups in total. The molecule has 1 spiro atoms. The van der Waals surface area contributed by atoms with Crippen LogP contribution in [0.2, 0.25) is 0 Å². The van der Waals surface area contributed by atoms with Crippen LogP contribution in [0.4, 0.5) is 17.3 Å². The number of anilines is 3. The molecule has 3 atom stereocenters. The molecule has 3 aliphatic carbocycles. The van der Waals surface area contributed by atoms with Gasteiger partial charge in [-0.25, -0.2) is 19.3 Å². The van der Waals surface area contributed by atoms with Crippen molar-refractivity contribution in [3.05, 3.63) is 76.9 Å². The van der Waals surface area contributed by atoms with Crippen LogP contribution in [0, 0.1) is 5.41 Å². The molecule has 2 bridgehead atoms. The minimum Gasteiger partial charge on any atom is -0.383 e. The lowest BCUT2D eigenvalue weighted by molar-refractivity contribution is -0.0631. The first-order chi connectivity index (χ1) is 21.9. The molecule has 2 saturated carbocycles. The van der Waals surface area contributed by atoms with E-state index in [0.29, 0.717) is 41.3 Å². The van der Waals surface area contributed by atoms with Gasteiger partial charge in [0, 0.05) is 54.2 Å². The summed E-state index contributed by atoms with van der Waals surface area (Å²) >= 11 is 0. The van der Waals surface area contributed by atoms with Crippen LogP contribution in [0.1, 0.15) is 63.1 Å². The van der Waals surface area contributed by atoms with E-state index in [1.807, 2.05) is 13.0 Å². The van der Waals surface area contributed by atoms with Gasteiger partial charge in [-0.15, -0.1) is 6.58 Å². The Hall–Kier alpha value is -4.02. The Balaban J connectivity index is 1.01. The number of piperazine rings is 1. The molecule has 10 heteroatoms. The minimum absolute atomic E-state index is 0.102. The number of nitrogens with one attached hydrogen (secondary N) is 1. The molecular weight excluding hydrogens is 564 g/mol. The fraction of sp³-hybridized carbons (Fsp3) is 0.486. The van der Waals surface area contributed by atoms with Gasteiger partial charge in [-0.3, -0.25) is 9.69 Å². The van der Waals surface area contributed by atoms with Crippen LogP contribution in [0.5, 0.6) is 0 Å². The molecule has 6 aliphatic rings. The molecule has 4 aromatic rings. The van der Waals surface area contributed by atoms with E-state index in [4.69, 9.17) is 9.97 Å². The Morgan fingerprint density at radius 2 is 1.84 bits per heavy atom. The lowest BCUT2D eigenvalue weighted by Crippen LogP contribution is -2.72. The zero-order valence-corrected chi connectivity index (χ0v) is 25.8. The molecule has 3 aliphatic heterocycles. The normalized spacial score (nSPS) is 26.5. The van der Waals surface area contributed by atoms with E-state index < -0.39 is 5.60 Å². The van der Waals surface area contributed by atoms with Crippen LogP contribution in [0.3, 0.4) is 0 Å². The van der Waals surface area contributed by atoms with Crippen LogP contribution in [-0.2, 0) is 18.6 Å². The van der Waals surface area contributed by atoms with Crippen molar-refractivity contribution in [1.82, 2.24) is 29.2 Å². The number of fused-ring (bicyclic) bond motifs is 4. The van der Waals surface area contributed by atoms with Crippen molar-refractivity contribution in [3.8, 4) is 5.82 Å². The predicted molar refractivity (Wildman–Crippen MR) is 174 cm³/mol. The van der Waals surface area contributed by atoms with Gasteiger partial charge in [0.2, 0.25) is 5.95 Å². The van der Waals surface area contributed by atoms with Crippen molar-refractivity contribution in [2.24, 2.45) is 5.41 Å². The van der Waals surface area contributed by atoms with Gasteiger partial charge in [-0.1, -0.05) is 25.5 Å². The highest BCUT2D eigenvalue weighted by molar-refractivity contribution is 5.77. The molecule has 3 saturated heterocycles. The Morgan fingerprint density at radius 1 is 1.07 bits per heavy atom. The second-order valence-corrected chi connectivity index (χ2v) is 13.9. The monoisotopic (exact) mass is 604 g/mol. The lowest BCUT2D eigenvalue weighted by Gasteiger charge is -2.61. The number of aliphatic hydroxyl groups is 1. The maximum atomic E-state index is 13.5. The number of allylic oxidation sites excluding steroid dienone is 1. The summed E-state index contributed by atoms with van der Waals surface area (Å²) in [5.41, 5.74) is 3.15. The number of hydrogen-bond donors (Lipinski definition) is 2. The van der Waals surface area contributed by atoms with Crippen LogP contribution in [0.25, 0.3) is 16.9 Å². The average molecular weight is 605 g/mol. The van der Waals surface area contributed by atoms with Gasteiger partial charge >= 0.3 is 0 Å². The van der Waals surface area contributed by atoms with Crippen LogP contribution in [0.15, 0.2) is 60.0 Å². The second kappa shape index (κ2) is 9.74. The molecule has 45 heavy (non-hydrogen) atoms. The van der Waals surface area contributed by atoms with Crippen molar-refractivity contribution in [2.45, 2.75) is 88.6 Å². The fourth-order valence-electron chi connectivity index (χ4n) is 8.77. The summed E-state index contributed by atoms with van der Waals surface area (Å²) in [6, 6.07) is 14.7. The third-order valence-electron chi connectivity index (χ3n) is 11.6. The number of benzene rings is 1. The highest BCUT2D eigenvalue weighted by Gasteiger charge is 2.63. The van der Waals surface area contributed by atoms with Crippen molar-refractivity contribution in [2.75, 3.05) is 23.3 Å². The van der Waals surface area contributed by atoms with Gasteiger partial charge in [-0.05, 0) is 80.8 Å². The first-order valence-corrected chi connectivity index (χ1v) is 16.6. The summed E-state index contributed by atoms with van der Waals surface area (Å²) < 4.78 is 3.33. The van der Waals surface area contributed by atoms with Crippen LogP contribution < -0.4 is 15.8 Å². The Bertz CT molecular complexity index is 1880. The Morgan fingerprint density at radius 3 is 2.51 bits per heavy atom. The quantitative estimate of drug-likeness (QED) is 0.280. The Labute approximate surface area is 262 Å². The summed E-state index contributed by atoms with van der Waals surface area (Å²) in [5.74, 6) is 0.954. The standard InChI is InChI=1S/C35H40N8O2/c1-3-16-41-32(44)28-19-36-33(37-23-9-11-24(12-10-23)40-20-26-17-27(21-40)42(26)25-6-5-7-25)39-31(28)43(41)29-13-8-22-18-34(14-15-34)35(45,4-2)30(22)38-29/h3,8-13,19,25-27,45H,1,4-7,14-18,20-21H2,2H3,(H,36,37,39)/t26-,27+,35?. The zero-order chi connectivity index (χ0) is 30.5. The molecular formula is C35H40N8O2. The first-order valence-electron chi connectivity index (χ1n) is 16.6. The topological polar surface area (TPSA) is 104 Å². The molecule has 232 valence electrons. The van der Waals surface area contributed by atoms with E-state index in [-0.39, 0.29) is 17.5 Å². The molecule has 1 aromatic carbocycles. The lowest BCUT2D eigenvalue weighted by atomic mass is 9.79. The summed E-state index contributed by atoms with van der Waals surface area (Å²) in [6.07, 6.45) is 12.2. The number of aromatic nitrogens is 5. The summed E-state index contributed by atoms with van der Waals surface area (Å²) in [7, 11) is 0. The zero-order valence-electron chi connectivity index (χ0n) is 25.8. The third kappa shape index (κ3) is 3.94. The van der Waals surface area contributed by atoms with E-state index in [2.05, 4.69) is 57.0 Å². The van der Waals surface area contributed by atoms with Crippen LogP contribution >= 0.6 is 0 Å². The fourth-order valence-corrected chi connectivity index (χ4v) is 8.77. The molecule has 5 fully saturated rings. The molecule has 0 radical (unpaired) electrons. The van der Waals surface area contributed by atoms with E-state index in [1.165, 1.54) is 31.4 Å². The van der Waals surface area contributed by atoms with Crippen molar-refractivity contribution < 1.29 is 5.11 Å². The number of nitrogens with zero attached hydrogens (tertiary/aromatic N) is 7. The number of hydrogen-bond acceptors (Lipinski definition) is 8. The molecule has 1 unspecified atom stereocenters. The SMILES string of the molecule is C=CCn1c(=O)c2cnc(Nc3ccc(N4C[C@H]5C[C@@H](C4)N5C4CCC4)cc3)nc2n1-c1ccc2c(n1)C(O)(CC)C1(CC1)C2. The highest BCUT2D eigenvalue weighted by atomic mass is 16.3. The molecule has 10 rings (SSSR count). The molecule has 0 amide bonds. The highest BCUT2D eigenvalue weighted by Crippen LogP contribution is 2.65. The maximum absolute atomic E-state index is 13.5. The van der Waals surface area contributed by atoms with E-state index in [9.17, 15) is 9.90 Å². The first kappa shape index (κ1) is 27.3. The summed E-state index contributed by atoms with van der Waals surface area (Å²) in [4.78, 5) is 33.2. The van der Waals surface area contributed by atoms with E-state index in [1.54, 1.807) is 21.6 Å². The van der Waals surface area contributed by atoms with Crippen LogP contribution in [-0.4, -0.2) is 65.5 Å². The van der Waals surface area contributed by atoms with Gasteiger partial charge in [0.05, 0.1) is 12.2 Å². The number of rotatable bonds is 8. The van der Waals surface area contributed by atoms with Gasteiger partial charge in [-0.2, -0.15) is 4.98 Å². The molecule has 10 nitrogen and oxygen atoms in total. The average Bonchev–Trinajstić information content (AvgIpc) is 3.72. The Kier molecular flexibility index (Phi) is 5.91. The summed E-state index contributed by atoms with van der Waals surface area (Å²) in [5, 5.41) is 15.5. The van der Waals surface area contributed by atoms with Crippen molar-refractivity contribution in [1.29, 1.82) is 0 Å². The van der Waals surface area contributed by atoms with Gasteiger partial charge in [0.1, 0.15) is 11.0 Å². The van der Waals surface area contributed by atoms with E-state index in [0.717, 1.165) is 55.3 Å². The van der Waals surface area contributed by atoms with Gasteiger partial charge < -0.3 is 15.3 Å². The van der Waals surface area contributed by atoms with Crippen molar-refractivity contribution in [3.63, 3.8) is 0 Å². The maximum Gasteiger partial charge on any atom is 0.278 e.